The molecule has 1 aliphatic carbocycles. The van der Waals surface area contributed by atoms with Crippen LogP contribution < -0.4 is 0 Å². The standard InChI is InChI=1S/C31H52N2O/c34-30-18-21-33-20-17-27-26-22-25-14-10-7-8-12-16-29(30)31(33)28(27)15-11-6-4-2-1-3-5-9-13-19-32(23-25)24-26/h3,5,22,26-31,34H,1-2,4,6-21,23-24H2/b5-3-/t26?,27-,28-,29-,30-,31-/m1/s1. The highest BCUT2D eigenvalue weighted by Gasteiger charge is 2.48. The van der Waals surface area contributed by atoms with Gasteiger partial charge in [0.15, 0.2) is 0 Å². The number of aliphatic hydroxyl groups excluding tert-OH is 1. The van der Waals surface area contributed by atoms with E-state index in [-0.39, 0.29) is 6.10 Å². The average molecular weight is 469 g/mol. The molecule has 2 fully saturated rings. The summed E-state index contributed by atoms with van der Waals surface area (Å²) in [7, 11) is 0. The van der Waals surface area contributed by atoms with E-state index in [2.05, 4.69) is 28.0 Å². The smallest absolute Gasteiger partial charge is 0.0595 e. The Labute approximate surface area is 210 Å². The molecular formula is C31H52N2O. The summed E-state index contributed by atoms with van der Waals surface area (Å²) in [5.74, 6) is 2.85. The number of piperidine rings is 2. The van der Waals surface area contributed by atoms with Crippen LogP contribution in [0, 0.1) is 23.7 Å². The summed E-state index contributed by atoms with van der Waals surface area (Å²) in [6.45, 7) is 6.20. The molecule has 7 atom stereocenters. The Morgan fingerprint density at radius 2 is 1.41 bits per heavy atom. The molecule has 5 rings (SSSR count). The molecule has 4 heterocycles. The lowest BCUT2D eigenvalue weighted by Gasteiger charge is -2.55. The summed E-state index contributed by atoms with van der Waals surface area (Å²) in [5.41, 5.74) is 1.76. The lowest BCUT2D eigenvalue weighted by atomic mass is 9.64. The van der Waals surface area contributed by atoms with Crippen LogP contribution in [0.15, 0.2) is 23.8 Å². The van der Waals surface area contributed by atoms with Crippen molar-refractivity contribution in [2.75, 3.05) is 32.7 Å². The number of fused-ring (bicyclic) bond motifs is 1. The maximum Gasteiger partial charge on any atom is 0.0595 e. The van der Waals surface area contributed by atoms with Gasteiger partial charge in [0.05, 0.1) is 6.10 Å². The topological polar surface area (TPSA) is 26.7 Å². The fourth-order valence-corrected chi connectivity index (χ4v) is 8.47. The Hall–Kier alpha value is -0.640. The van der Waals surface area contributed by atoms with Gasteiger partial charge in [0.25, 0.3) is 0 Å². The van der Waals surface area contributed by atoms with Crippen LogP contribution in [0.1, 0.15) is 103 Å². The van der Waals surface area contributed by atoms with Crippen molar-refractivity contribution >= 4 is 0 Å². The Balaban J connectivity index is 1.45. The van der Waals surface area contributed by atoms with Gasteiger partial charge in [-0.2, -0.15) is 0 Å². The minimum absolute atomic E-state index is 0.0637. The van der Waals surface area contributed by atoms with Crippen LogP contribution in [0.5, 0.6) is 0 Å². The monoisotopic (exact) mass is 468 g/mol. The molecule has 0 saturated carbocycles. The maximum atomic E-state index is 11.2. The van der Waals surface area contributed by atoms with E-state index < -0.39 is 0 Å². The lowest BCUT2D eigenvalue weighted by Crippen LogP contribution is -2.60. The molecule has 0 spiro atoms. The van der Waals surface area contributed by atoms with Crippen LogP contribution in [0.3, 0.4) is 0 Å². The Morgan fingerprint density at radius 1 is 0.676 bits per heavy atom. The largest absolute Gasteiger partial charge is 0.393 e. The van der Waals surface area contributed by atoms with Crippen molar-refractivity contribution in [1.29, 1.82) is 0 Å². The van der Waals surface area contributed by atoms with Crippen LogP contribution >= 0.6 is 0 Å². The van der Waals surface area contributed by atoms with Crippen LogP contribution in [0.2, 0.25) is 0 Å². The Bertz CT molecular complexity index is 687. The number of hydrogen-bond donors (Lipinski definition) is 1. The first-order valence-corrected chi connectivity index (χ1v) is 15.3. The van der Waals surface area contributed by atoms with E-state index in [1.165, 1.54) is 122 Å². The number of aliphatic hydroxyl groups is 1. The van der Waals surface area contributed by atoms with Gasteiger partial charge < -0.3 is 5.11 Å². The van der Waals surface area contributed by atoms with Crippen molar-refractivity contribution in [2.45, 2.75) is 115 Å². The van der Waals surface area contributed by atoms with Gasteiger partial charge in [0.2, 0.25) is 0 Å². The normalized spacial score (nSPS) is 42.1. The number of hydrogen-bond acceptors (Lipinski definition) is 3. The van der Waals surface area contributed by atoms with E-state index in [0.29, 0.717) is 12.0 Å². The first kappa shape index (κ1) is 25.0. The van der Waals surface area contributed by atoms with Crippen LogP contribution in [-0.2, 0) is 0 Å². The van der Waals surface area contributed by atoms with E-state index in [1.54, 1.807) is 5.57 Å². The zero-order chi connectivity index (χ0) is 23.2. The number of allylic oxidation sites excluding steroid dienone is 2. The summed E-state index contributed by atoms with van der Waals surface area (Å²) in [6, 6.07) is 0.636. The van der Waals surface area contributed by atoms with Crippen molar-refractivity contribution in [1.82, 2.24) is 9.80 Å². The predicted octanol–water partition coefficient (Wildman–Crippen LogP) is 6.58. The second-order valence-electron chi connectivity index (χ2n) is 12.4. The maximum absolute atomic E-state index is 11.2. The minimum Gasteiger partial charge on any atom is -0.393 e. The molecule has 0 aromatic heterocycles. The third-order valence-electron chi connectivity index (χ3n) is 10.2. The first-order valence-electron chi connectivity index (χ1n) is 15.3. The van der Waals surface area contributed by atoms with Gasteiger partial charge in [-0.15, -0.1) is 0 Å². The molecule has 34 heavy (non-hydrogen) atoms. The van der Waals surface area contributed by atoms with Crippen molar-refractivity contribution in [2.24, 2.45) is 23.7 Å². The predicted molar refractivity (Wildman–Crippen MR) is 143 cm³/mol. The number of rotatable bonds is 0. The third-order valence-corrected chi connectivity index (χ3v) is 10.2. The van der Waals surface area contributed by atoms with E-state index >= 15 is 0 Å². The molecular weight excluding hydrogens is 416 g/mol. The molecule has 2 saturated heterocycles. The van der Waals surface area contributed by atoms with Gasteiger partial charge in [-0.3, -0.25) is 9.80 Å². The SMILES string of the molecule is O[C@@H]1CCN2CC[C@@H]3C4C=C5CCCCCC[C@H]1[C@H]2[C@@H]3CCCCCC/C=C\CCCN(C5)C4. The molecule has 0 aromatic rings. The second kappa shape index (κ2) is 12.5. The van der Waals surface area contributed by atoms with E-state index in [1.807, 2.05) is 0 Å². The average Bonchev–Trinajstić information content (AvgIpc) is 2.85. The van der Waals surface area contributed by atoms with E-state index in [0.717, 1.165) is 30.7 Å². The van der Waals surface area contributed by atoms with Gasteiger partial charge in [-0.05, 0) is 95.1 Å². The van der Waals surface area contributed by atoms with E-state index in [9.17, 15) is 5.11 Å². The lowest BCUT2D eigenvalue weighted by molar-refractivity contribution is -0.0872. The molecule has 3 nitrogen and oxygen atoms in total. The Kier molecular flexibility index (Phi) is 9.24. The fraction of sp³-hybridized carbons (Fsp3) is 0.871. The third kappa shape index (κ3) is 6.19. The van der Waals surface area contributed by atoms with Gasteiger partial charge >= 0.3 is 0 Å². The second-order valence-corrected chi connectivity index (χ2v) is 12.4. The zero-order valence-corrected chi connectivity index (χ0v) is 21.9. The highest BCUT2D eigenvalue weighted by Crippen LogP contribution is 2.46. The molecule has 0 radical (unpaired) electrons. The van der Waals surface area contributed by atoms with Gasteiger partial charge in [0.1, 0.15) is 0 Å². The fourth-order valence-electron chi connectivity index (χ4n) is 8.47. The quantitative estimate of drug-likeness (QED) is 0.407. The highest BCUT2D eigenvalue weighted by atomic mass is 16.3. The van der Waals surface area contributed by atoms with Crippen LogP contribution in [0.4, 0.5) is 0 Å². The van der Waals surface area contributed by atoms with Crippen molar-refractivity contribution in [3.8, 4) is 0 Å². The molecule has 6 bridgehead atoms. The molecule has 4 aliphatic heterocycles. The molecule has 3 heteroatoms. The molecule has 0 amide bonds. The van der Waals surface area contributed by atoms with Gasteiger partial charge in [-0.25, -0.2) is 0 Å². The summed E-state index contributed by atoms with van der Waals surface area (Å²) < 4.78 is 0. The highest BCUT2D eigenvalue weighted by molar-refractivity contribution is 5.14. The Morgan fingerprint density at radius 3 is 2.29 bits per heavy atom. The van der Waals surface area contributed by atoms with Crippen molar-refractivity contribution in [3.63, 3.8) is 0 Å². The van der Waals surface area contributed by atoms with Crippen LogP contribution in [0.25, 0.3) is 0 Å². The molecule has 0 aromatic carbocycles. The van der Waals surface area contributed by atoms with Crippen LogP contribution in [-0.4, -0.2) is 59.8 Å². The molecule has 5 aliphatic rings. The van der Waals surface area contributed by atoms with Crippen molar-refractivity contribution in [3.05, 3.63) is 23.8 Å². The minimum atomic E-state index is -0.0637. The summed E-state index contributed by atoms with van der Waals surface area (Å²) >= 11 is 0. The van der Waals surface area contributed by atoms with Gasteiger partial charge in [0, 0.05) is 31.6 Å². The molecule has 1 N–H and O–H groups in total. The van der Waals surface area contributed by atoms with E-state index in [4.69, 9.17) is 0 Å². The molecule has 2 unspecified atom stereocenters. The zero-order valence-electron chi connectivity index (χ0n) is 21.9. The molecule has 192 valence electrons. The van der Waals surface area contributed by atoms with Gasteiger partial charge in [-0.1, -0.05) is 62.3 Å². The summed E-state index contributed by atoms with van der Waals surface area (Å²) in [6.07, 6.45) is 28.8. The summed E-state index contributed by atoms with van der Waals surface area (Å²) in [4.78, 5) is 5.68. The summed E-state index contributed by atoms with van der Waals surface area (Å²) in [5, 5.41) is 11.2. The number of nitrogens with zero attached hydrogens (tertiary/aromatic N) is 2. The first-order chi connectivity index (χ1) is 16.8. The van der Waals surface area contributed by atoms with Crippen molar-refractivity contribution < 1.29 is 5.11 Å².